The zero-order valence-electron chi connectivity index (χ0n) is 18.0. The van der Waals surface area contributed by atoms with Crippen LogP contribution in [0.15, 0.2) is 48.5 Å². The number of nitrogens with zero attached hydrogens (tertiary/aromatic N) is 2. The van der Waals surface area contributed by atoms with E-state index in [2.05, 4.69) is 10.8 Å². The molecule has 4 rings (SSSR count). The topological polar surface area (TPSA) is 79.0 Å². The van der Waals surface area contributed by atoms with Crippen LogP contribution in [0.2, 0.25) is 0 Å². The summed E-state index contributed by atoms with van der Waals surface area (Å²) in [6.45, 7) is 0.910. The summed E-state index contributed by atoms with van der Waals surface area (Å²) in [5.74, 6) is 0.757. The number of para-hydroxylation sites is 1. The molecule has 1 saturated heterocycles. The highest BCUT2D eigenvalue weighted by atomic mass is 32.2. The van der Waals surface area contributed by atoms with Crippen LogP contribution in [0.3, 0.4) is 0 Å². The van der Waals surface area contributed by atoms with Crippen LogP contribution in [0.25, 0.3) is 11.1 Å². The standard InChI is InChI=1S/C23H29N3O4S/c1-25(2)31(28,29)24-20-10-6-13-26-21(20)16-17-7-5-8-18(15-17)19-9-3-4-11-22(19)30-14-12-23(26)27/h3-5,7-9,11,15,20-21,24H,6,10,12-14,16H2,1-2H3/t20-,21-/m0/s1. The van der Waals surface area contributed by atoms with Gasteiger partial charge in [-0.1, -0.05) is 42.5 Å². The van der Waals surface area contributed by atoms with Crippen molar-refractivity contribution >= 4 is 16.1 Å². The van der Waals surface area contributed by atoms with E-state index >= 15 is 0 Å². The fraction of sp³-hybridized carbons (Fsp3) is 0.435. The van der Waals surface area contributed by atoms with E-state index < -0.39 is 10.2 Å². The van der Waals surface area contributed by atoms with Gasteiger partial charge >= 0.3 is 0 Å². The number of nitrogens with one attached hydrogen (secondary N) is 1. The highest BCUT2D eigenvalue weighted by molar-refractivity contribution is 7.87. The molecule has 2 aromatic carbocycles. The molecule has 2 bridgehead atoms. The van der Waals surface area contributed by atoms with Gasteiger partial charge in [-0.05, 0) is 36.5 Å². The molecular formula is C23H29N3O4S. The summed E-state index contributed by atoms with van der Waals surface area (Å²) >= 11 is 0. The first-order chi connectivity index (χ1) is 14.8. The average molecular weight is 444 g/mol. The fourth-order valence-electron chi connectivity index (χ4n) is 4.38. The molecule has 2 aliphatic rings. The third-order valence-corrected chi connectivity index (χ3v) is 7.59. The number of carbonyl (C=O) groups is 1. The Balaban J connectivity index is 1.73. The molecule has 1 amide bonds. The number of piperidine rings is 1. The Morgan fingerprint density at radius 1 is 1.13 bits per heavy atom. The van der Waals surface area contributed by atoms with Crippen LogP contribution in [0.5, 0.6) is 5.75 Å². The van der Waals surface area contributed by atoms with E-state index in [1.165, 1.54) is 18.4 Å². The van der Waals surface area contributed by atoms with Gasteiger partial charge in [0.25, 0.3) is 10.2 Å². The van der Waals surface area contributed by atoms with Gasteiger partial charge in [0.05, 0.1) is 19.1 Å². The lowest BCUT2D eigenvalue weighted by Crippen LogP contribution is -2.59. The minimum Gasteiger partial charge on any atom is -0.492 e. The maximum absolute atomic E-state index is 13.1. The maximum atomic E-state index is 13.1. The van der Waals surface area contributed by atoms with Crippen LogP contribution in [0, 0.1) is 0 Å². The van der Waals surface area contributed by atoms with Crippen molar-refractivity contribution in [2.24, 2.45) is 0 Å². The van der Waals surface area contributed by atoms with Crippen LogP contribution in [0.4, 0.5) is 0 Å². The Kier molecular flexibility index (Phi) is 6.31. The van der Waals surface area contributed by atoms with Gasteiger partial charge in [0.1, 0.15) is 5.75 Å². The van der Waals surface area contributed by atoms with Crippen molar-refractivity contribution in [3.8, 4) is 16.9 Å². The molecule has 31 heavy (non-hydrogen) atoms. The second-order valence-electron chi connectivity index (χ2n) is 8.31. The van der Waals surface area contributed by atoms with E-state index in [4.69, 9.17) is 4.74 Å². The Morgan fingerprint density at radius 2 is 1.94 bits per heavy atom. The molecule has 1 N–H and O–H groups in total. The molecule has 2 heterocycles. The lowest BCUT2D eigenvalue weighted by Gasteiger charge is -2.42. The largest absolute Gasteiger partial charge is 0.492 e. The number of hydrogen-bond acceptors (Lipinski definition) is 4. The average Bonchev–Trinajstić information content (AvgIpc) is 2.74. The molecule has 7 nitrogen and oxygen atoms in total. The molecule has 0 saturated carbocycles. The molecule has 0 radical (unpaired) electrons. The summed E-state index contributed by atoms with van der Waals surface area (Å²) in [6.07, 6.45) is 2.29. The Labute approximate surface area is 184 Å². The van der Waals surface area contributed by atoms with Gasteiger partial charge in [-0.2, -0.15) is 17.4 Å². The molecule has 0 aromatic heterocycles. The Morgan fingerprint density at radius 3 is 2.74 bits per heavy atom. The van der Waals surface area contributed by atoms with E-state index in [1.54, 1.807) is 0 Å². The van der Waals surface area contributed by atoms with Gasteiger partial charge in [-0.3, -0.25) is 4.79 Å². The number of amides is 1. The second-order valence-corrected chi connectivity index (χ2v) is 10.2. The number of rotatable bonds is 3. The molecule has 0 unspecified atom stereocenters. The third-order valence-electron chi connectivity index (χ3n) is 6.02. The summed E-state index contributed by atoms with van der Waals surface area (Å²) in [4.78, 5) is 14.9. The predicted octanol–water partition coefficient (Wildman–Crippen LogP) is 2.43. The first-order valence-corrected chi connectivity index (χ1v) is 12.1. The number of hydrogen-bond donors (Lipinski definition) is 1. The normalized spacial score (nSPS) is 22.0. The first kappa shape index (κ1) is 21.8. The number of benzene rings is 2. The third kappa shape index (κ3) is 4.76. The maximum Gasteiger partial charge on any atom is 0.279 e. The molecule has 1 fully saturated rings. The number of carbonyl (C=O) groups excluding carboxylic acids is 1. The molecule has 2 atom stereocenters. The SMILES string of the molecule is CN(C)S(=O)(=O)N[C@H]1CCCN2C(=O)CCOc3ccccc3-c3cccc(c3)C[C@@H]12. The zero-order chi connectivity index (χ0) is 22.0. The molecule has 2 aromatic rings. The minimum atomic E-state index is -3.61. The van der Waals surface area contributed by atoms with E-state index in [1.807, 2.05) is 47.4 Å². The quantitative estimate of drug-likeness (QED) is 0.790. The van der Waals surface area contributed by atoms with Gasteiger partial charge in [-0.15, -0.1) is 0 Å². The Hall–Kier alpha value is -2.42. The minimum absolute atomic E-state index is 0.00652. The van der Waals surface area contributed by atoms with Gasteiger partial charge in [0.2, 0.25) is 5.91 Å². The summed E-state index contributed by atoms with van der Waals surface area (Å²) in [6, 6.07) is 15.4. The smallest absolute Gasteiger partial charge is 0.279 e. The highest BCUT2D eigenvalue weighted by Crippen LogP contribution is 2.32. The number of fused-ring (bicyclic) bond motifs is 5. The summed E-state index contributed by atoms with van der Waals surface area (Å²) in [5, 5.41) is 0. The van der Waals surface area contributed by atoms with Gasteiger partial charge in [0, 0.05) is 32.2 Å². The summed E-state index contributed by atoms with van der Waals surface area (Å²) in [7, 11) is -0.591. The van der Waals surface area contributed by atoms with Gasteiger partial charge in [0.15, 0.2) is 0 Å². The molecule has 8 heteroatoms. The Bertz CT molecular complexity index is 1050. The molecule has 0 spiro atoms. The van der Waals surface area contributed by atoms with Crippen molar-refractivity contribution in [2.45, 2.75) is 37.8 Å². The highest BCUT2D eigenvalue weighted by Gasteiger charge is 2.37. The van der Waals surface area contributed by atoms with Crippen molar-refractivity contribution in [2.75, 3.05) is 27.2 Å². The molecule has 0 aliphatic carbocycles. The summed E-state index contributed by atoms with van der Waals surface area (Å²) < 4.78 is 35.1. The lowest BCUT2D eigenvalue weighted by molar-refractivity contribution is -0.136. The lowest BCUT2D eigenvalue weighted by atomic mass is 9.90. The van der Waals surface area contributed by atoms with Crippen LogP contribution < -0.4 is 9.46 Å². The summed E-state index contributed by atoms with van der Waals surface area (Å²) in [5.41, 5.74) is 3.10. The van der Waals surface area contributed by atoms with Crippen LogP contribution >= 0.6 is 0 Å². The van der Waals surface area contributed by atoms with E-state index in [-0.39, 0.29) is 31.0 Å². The molecule has 2 aliphatic heterocycles. The first-order valence-electron chi connectivity index (χ1n) is 10.7. The van der Waals surface area contributed by atoms with Gasteiger partial charge in [-0.25, -0.2) is 0 Å². The molecular weight excluding hydrogens is 414 g/mol. The van der Waals surface area contributed by atoms with E-state index in [9.17, 15) is 13.2 Å². The monoisotopic (exact) mass is 443 g/mol. The van der Waals surface area contributed by atoms with Crippen molar-refractivity contribution in [3.63, 3.8) is 0 Å². The fourth-order valence-corrected chi connectivity index (χ4v) is 5.25. The second kappa shape index (κ2) is 8.98. The zero-order valence-corrected chi connectivity index (χ0v) is 18.8. The van der Waals surface area contributed by atoms with Crippen molar-refractivity contribution < 1.29 is 17.9 Å². The number of ether oxygens (including phenoxy) is 1. The van der Waals surface area contributed by atoms with Gasteiger partial charge < -0.3 is 9.64 Å². The van der Waals surface area contributed by atoms with Crippen LogP contribution in [-0.4, -0.2) is 62.9 Å². The van der Waals surface area contributed by atoms with Crippen molar-refractivity contribution in [1.82, 2.24) is 13.9 Å². The predicted molar refractivity (Wildman–Crippen MR) is 120 cm³/mol. The van der Waals surface area contributed by atoms with E-state index in [0.717, 1.165) is 28.9 Å². The van der Waals surface area contributed by atoms with Crippen LogP contribution in [0.1, 0.15) is 24.8 Å². The molecule has 166 valence electrons. The van der Waals surface area contributed by atoms with E-state index in [0.29, 0.717) is 19.4 Å². The van der Waals surface area contributed by atoms with Crippen LogP contribution in [-0.2, 0) is 21.4 Å². The van der Waals surface area contributed by atoms with Crippen molar-refractivity contribution in [3.05, 3.63) is 54.1 Å². The van der Waals surface area contributed by atoms with Crippen molar-refractivity contribution in [1.29, 1.82) is 0 Å².